The molecule has 0 aromatic heterocycles. The van der Waals surface area contributed by atoms with E-state index in [4.69, 9.17) is 0 Å². The van der Waals surface area contributed by atoms with Crippen molar-refractivity contribution in [2.75, 3.05) is 7.11 Å². The Kier molecular flexibility index (Phi) is 16.3. The van der Waals surface area contributed by atoms with Gasteiger partial charge in [-0.15, -0.1) is 0 Å². The highest BCUT2D eigenvalue weighted by atomic mass is 16.5. The Balaban J connectivity index is 3.62. The van der Waals surface area contributed by atoms with E-state index in [1.807, 2.05) is 6.08 Å². The van der Waals surface area contributed by atoms with Crippen molar-refractivity contribution >= 4 is 5.97 Å². The van der Waals surface area contributed by atoms with Gasteiger partial charge in [-0.25, -0.2) is 4.79 Å². The molecule has 0 bridgehead atoms. The summed E-state index contributed by atoms with van der Waals surface area (Å²) in [6.45, 7) is 2.25. The van der Waals surface area contributed by atoms with E-state index in [1.165, 1.54) is 64.6 Å². The van der Waals surface area contributed by atoms with Gasteiger partial charge in [-0.3, -0.25) is 0 Å². The van der Waals surface area contributed by atoms with Crippen molar-refractivity contribution < 1.29 is 14.6 Å². The van der Waals surface area contributed by atoms with Crippen molar-refractivity contribution in [1.29, 1.82) is 0 Å². The van der Waals surface area contributed by atoms with Gasteiger partial charge in [0, 0.05) is 6.08 Å². The molecule has 3 heteroatoms. The number of carbonyl (C=O) groups is 1. The van der Waals surface area contributed by atoms with Crippen LogP contribution in [-0.4, -0.2) is 18.2 Å². The molecular formula is C21H34O3. The van der Waals surface area contributed by atoms with Crippen LogP contribution in [0.2, 0.25) is 0 Å². The van der Waals surface area contributed by atoms with Crippen LogP contribution in [0.25, 0.3) is 0 Å². The minimum absolute atomic E-state index is 0.288. The second-order valence-corrected chi connectivity index (χ2v) is 5.87. The van der Waals surface area contributed by atoms with Crippen LogP contribution in [0.4, 0.5) is 0 Å². The largest absolute Gasteiger partial charge is 0.508 e. The summed E-state index contributed by atoms with van der Waals surface area (Å²) < 4.78 is 4.47. The zero-order chi connectivity index (χ0) is 17.9. The number of ether oxygens (including phenoxy) is 1. The van der Waals surface area contributed by atoms with Gasteiger partial charge in [-0.2, -0.15) is 0 Å². The fourth-order valence-corrected chi connectivity index (χ4v) is 2.26. The van der Waals surface area contributed by atoms with Gasteiger partial charge in [0.2, 0.25) is 0 Å². The molecule has 1 N–H and O–H groups in total. The van der Waals surface area contributed by atoms with Gasteiger partial charge in [-0.05, 0) is 25.0 Å². The molecule has 0 aliphatic carbocycles. The normalized spacial score (nSPS) is 12.7. The number of hydrogen-bond donors (Lipinski definition) is 1. The second kappa shape index (κ2) is 17.6. The number of aliphatic hydroxyl groups is 1. The molecule has 0 fully saturated rings. The fourth-order valence-electron chi connectivity index (χ4n) is 2.26. The SMILES string of the molecule is CCCCCCCCCCCC=C(O)C=CC=CC=CC(=O)OC. The van der Waals surface area contributed by atoms with E-state index < -0.39 is 0 Å². The van der Waals surface area contributed by atoms with E-state index in [0.717, 1.165) is 12.8 Å². The highest BCUT2D eigenvalue weighted by molar-refractivity contribution is 5.82. The maximum Gasteiger partial charge on any atom is 0.330 e. The third-order valence-electron chi connectivity index (χ3n) is 3.69. The lowest BCUT2D eigenvalue weighted by atomic mass is 10.1. The van der Waals surface area contributed by atoms with Crippen molar-refractivity contribution in [3.8, 4) is 0 Å². The summed E-state index contributed by atoms with van der Waals surface area (Å²) in [6.07, 6.45) is 24.4. The first-order valence-corrected chi connectivity index (χ1v) is 9.19. The van der Waals surface area contributed by atoms with Crippen LogP contribution >= 0.6 is 0 Å². The Morgan fingerprint density at radius 1 is 0.833 bits per heavy atom. The number of methoxy groups -OCH3 is 1. The molecule has 0 amide bonds. The van der Waals surface area contributed by atoms with Crippen LogP contribution in [0.3, 0.4) is 0 Å². The third-order valence-corrected chi connectivity index (χ3v) is 3.69. The second-order valence-electron chi connectivity index (χ2n) is 5.87. The molecule has 3 nitrogen and oxygen atoms in total. The van der Waals surface area contributed by atoms with Crippen LogP contribution in [0, 0.1) is 0 Å². The van der Waals surface area contributed by atoms with Gasteiger partial charge in [0.15, 0.2) is 0 Å². The average Bonchev–Trinajstić information content (AvgIpc) is 2.59. The Hall–Kier alpha value is -1.77. The average molecular weight is 335 g/mol. The van der Waals surface area contributed by atoms with Gasteiger partial charge in [-0.1, -0.05) is 82.6 Å². The molecule has 0 saturated heterocycles. The van der Waals surface area contributed by atoms with E-state index in [-0.39, 0.29) is 11.7 Å². The summed E-state index contributed by atoms with van der Waals surface area (Å²) >= 11 is 0. The van der Waals surface area contributed by atoms with E-state index in [9.17, 15) is 9.90 Å². The maximum absolute atomic E-state index is 10.8. The van der Waals surface area contributed by atoms with Crippen LogP contribution < -0.4 is 0 Å². The maximum atomic E-state index is 10.8. The molecule has 0 aliphatic heterocycles. The zero-order valence-corrected chi connectivity index (χ0v) is 15.4. The summed E-state index contributed by atoms with van der Waals surface area (Å²) in [5.41, 5.74) is 0. The van der Waals surface area contributed by atoms with Crippen LogP contribution in [0.1, 0.15) is 71.1 Å². The van der Waals surface area contributed by atoms with Gasteiger partial charge < -0.3 is 9.84 Å². The quantitative estimate of drug-likeness (QED) is 0.135. The number of allylic oxidation sites excluding steroid dienone is 6. The Bertz CT molecular complexity index is 417. The first kappa shape index (κ1) is 22.2. The molecule has 0 atom stereocenters. The van der Waals surface area contributed by atoms with E-state index in [1.54, 1.807) is 30.4 Å². The molecule has 0 aromatic carbocycles. The molecule has 0 aliphatic rings. The molecule has 0 heterocycles. The van der Waals surface area contributed by atoms with Crippen molar-refractivity contribution in [2.45, 2.75) is 71.1 Å². The number of unbranched alkanes of at least 4 members (excludes halogenated alkanes) is 9. The summed E-state index contributed by atoms with van der Waals surface area (Å²) in [4.78, 5) is 10.8. The molecule has 24 heavy (non-hydrogen) atoms. The highest BCUT2D eigenvalue weighted by Gasteiger charge is 1.92. The summed E-state index contributed by atoms with van der Waals surface area (Å²) in [6, 6.07) is 0. The number of rotatable bonds is 14. The van der Waals surface area contributed by atoms with Crippen LogP contribution in [0.15, 0.2) is 48.3 Å². The molecule has 0 aromatic rings. The summed E-state index contributed by atoms with van der Waals surface area (Å²) in [5, 5.41) is 9.70. The van der Waals surface area contributed by atoms with Gasteiger partial charge in [0.05, 0.1) is 7.11 Å². The molecule has 0 spiro atoms. The molecule has 0 rings (SSSR count). The van der Waals surface area contributed by atoms with Gasteiger partial charge in [0.1, 0.15) is 5.76 Å². The van der Waals surface area contributed by atoms with Crippen LogP contribution in [0.5, 0.6) is 0 Å². The first-order valence-electron chi connectivity index (χ1n) is 9.19. The molecule has 0 saturated carbocycles. The highest BCUT2D eigenvalue weighted by Crippen LogP contribution is 2.11. The van der Waals surface area contributed by atoms with Crippen molar-refractivity contribution in [3.05, 3.63) is 48.3 Å². The zero-order valence-electron chi connectivity index (χ0n) is 15.4. The van der Waals surface area contributed by atoms with Crippen molar-refractivity contribution in [1.82, 2.24) is 0 Å². The number of aliphatic hydroxyl groups excluding tert-OH is 1. The number of hydrogen-bond acceptors (Lipinski definition) is 3. The third kappa shape index (κ3) is 16.6. The predicted molar refractivity (Wildman–Crippen MR) is 102 cm³/mol. The monoisotopic (exact) mass is 334 g/mol. The Labute approximate surface area is 147 Å². The van der Waals surface area contributed by atoms with E-state index in [2.05, 4.69) is 11.7 Å². The summed E-state index contributed by atoms with van der Waals surface area (Å²) in [7, 11) is 1.34. The predicted octanol–water partition coefficient (Wildman–Crippen LogP) is 6.19. The fraction of sp³-hybridized carbons (Fsp3) is 0.571. The van der Waals surface area contributed by atoms with E-state index in [0.29, 0.717) is 0 Å². The molecule has 0 unspecified atom stereocenters. The minimum Gasteiger partial charge on any atom is -0.508 e. The standard InChI is InChI=1S/C21H34O3/c1-3-4-5-6-7-8-9-10-11-14-17-20(22)18-15-12-13-16-19-21(23)24-2/h12-13,15-19,22H,3-11,14H2,1-2H3. The first-order chi connectivity index (χ1) is 11.7. The topological polar surface area (TPSA) is 46.5 Å². The Morgan fingerprint density at radius 3 is 1.96 bits per heavy atom. The summed E-state index contributed by atoms with van der Waals surface area (Å²) in [5.74, 6) is -0.0940. The van der Waals surface area contributed by atoms with Crippen molar-refractivity contribution in [3.63, 3.8) is 0 Å². The Morgan fingerprint density at radius 2 is 1.38 bits per heavy atom. The molecule has 0 radical (unpaired) electrons. The van der Waals surface area contributed by atoms with E-state index >= 15 is 0 Å². The number of carbonyl (C=O) groups excluding carboxylic acids is 1. The number of esters is 1. The smallest absolute Gasteiger partial charge is 0.330 e. The van der Waals surface area contributed by atoms with Gasteiger partial charge >= 0.3 is 5.97 Å². The lowest BCUT2D eigenvalue weighted by molar-refractivity contribution is -0.134. The van der Waals surface area contributed by atoms with Crippen molar-refractivity contribution in [2.24, 2.45) is 0 Å². The van der Waals surface area contributed by atoms with Crippen LogP contribution in [-0.2, 0) is 9.53 Å². The molecule has 136 valence electrons. The molecular weight excluding hydrogens is 300 g/mol. The van der Waals surface area contributed by atoms with Gasteiger partial charge in [0.25, 0.3) is 0 Å². The minimum atomic E-state index is -0.382. The lowest BCUT2D eigenvalue weighted by Crippen LogP contribution is -1.92. The lowest BCUT2D eigenvalue weighted by Gasteiger charge is -2.00.